The van der Waals surface area contributed by atoms with Gasteiger partial charge in [-0.05, 0) is 18.3 Å². The van der Waals surface area contributed by atoms with Crippen molar-refractivity contribution in [1.29, 1.82) is 0 Å². The summed E-state index contributed by atoms with van der Waals surface area (Å²) in [6, 6.07) is 0. The number of rotatable bonds is 0. The van der Waals surface area contributed by atoms with Crippen LogP contribution < -0.4 is 5.32 Å². The number of nitrogens with zero attached hydrogens (tertiary/aromatic N) is 1. The van der Waals surface area contributed by atoms with E-state index in [1.165, 1.54) is 0 Å². The molecule has 0 aromatic rings. The van der Waals surface area contributed by atoms with Gasteiger partial charge < -0.3 is 5.11 Å². The summed E-state index contributed by atoms with van der Waals surface area (Å²) in [6.07, 6.45) is 1.66. The van der Waals surface area contributed by atoms with Crippen molar-refractivity contribution in [2.24, 2.45) is 5.41 Å². The topological polar surface area (TPSA) is 34.3 Å². The molecule has 0 aromatic carbocycles. The van der Waals surface area contributed by atoms with Crippen molar-refractivity contribution in [3.63, 3.8) is 0 Å². The molecule has 65 valence electrons. The van der Waals surface area contributed by atoms with Gasteiger partial charge in [0.2, 0.25) is 0 Å². The number of piperidine rings is 1. The molecular weight excluding hydrogens is 138 g/mol. The van der Waals surface area contributed by atoms with Gasteiger partial charge in [-0.25, -0.2) is 5.32 Å². The van der Waals surface area contributed by atoms with Gasteiger partial charge in [0.05, 0.1) is 5.60 Å². The van der Waals surface area contributed by atoms with Gasteiger partial charge in [-0.2, -0.15) is 0 Å². The van der Waals surface area contributed by atoms with Gasteiger partial charge in [0.1, 0.15) is 0 Å². The molecular formula is C9H18NO. The Morgan fingerprint density at radius 1 is 1.18 bits per heavy atom. The van der Waals surface area contributed by atoms with Crippen LogP contribution in [-0.4, -0.2) is 23.8 Å². The third kappa shape index (κ3) is 1.74. The minimum Gasteiger partial charge on any atom is -0.389 e. The Morgan fingerprint density at radius 2 is 1.64 bits per heavy atom. The Bertz CT molecular complexity index is 131. The fraction of sp³-hybridized carbons (Fsp3) is 1.00. The summed E-state index contributed by atoms with van der Waals surface area (Å²) in [5.41, 5.74) is -0.475. The highest BCUT2D eigenvalue weighted by Crippen LogP contribution is 2.37. The molecule has 1 N–H and O–H groups in total. The molecule has 0 unspecified atom stereocenters. The van der Waals surface area contributed by atoms with Crippen LogP contribution in [-0.2, 0) is 0 Å². The number of hydrogen-bond acceptors (Lipinski definition) is 1. The molecule has 0 saturated carbocycles. The smallest absolute Gasteiger partial charge is 0.0721 e. The fourth-order valence-corrected chi connectivity index (χ4v) is 1.51. The van der Waals surface area contributed by atoms with Crippen LogP contribution in [0.4, 0.5) is 0 Å². The molecule has 1 aliphatic rings. The Balaban J connectivity index is 2.64. The van der Waals surface area contributed by atoms with Crippen molar-refractivity contribution < 1.29 is 5.11 Å². The van der Waals surface area contributed by atoms with Crippen molar-refractivity contribution in [2.75, 3.05) is 13.1 Å². The minimum atomic E-state index is -0.477. The van der Waals surface area contributed by atoms with E-state index in [-0.39, 0.29) is 5.41 Å². The van der Waals surface area contributed by atoms with Crippen molar-refractivity contribution in [2.45, 2.75) is 39.2 Å². The van der Waals surface area contributed by atoms with Gasteiger partial charge in [0.25, 0.3) is 0 Å². The van der Waals surface area contributed by atoms with Gasteiger partial charge in [-0.15, -0.1) is 0 Å². The lowest BCUT2D eigenvalue weighted by Gasteiger charge is -2.42. The van der Waals surface area contributed by atoms with Crippen LogP contribution in [0.15, 0.2) is 0 Å². The predicted octanol–water partition coefficient (Wildman–Crippen LogP) is 1.16. The predicted molar refractivity (Wildman–Crippen MR) is 45.5 cm³/mol. The summed E-state index contributed by atoms with van der Waals surface area (Å²) in [5, 5.41) is 14.4. The lowest BCUT2D eigenvalue weighted by atomic mass is 9.71. The van der Waals surface area contributed by atoms with E-state index in [4.69, 9.17) is 0 Å². The SMILES string of the molecule is CC(C)(C)C1(O)CC[N]CC1. The zero-order valence-corrected chi connectivity index (χ0v) is 7.72. The molecule has 1 aliphatic heterocycles. The molecule has 0 aromatic heterocycles. The highest BCUT2D eigenvalue weighted by Gasteiger charge is 2.40. The average molecular weight is 156 g/mol. The zero-order valence-electron chi connectivity index (χ0n) is 7.72. The molecule has 0 aliphatic carbocycles. The Labute approximate surface area is 69.0 Å². The average Bonchev–Trinajstić information content (AvgIpc) is 1.87. The monoisotopic (exact) mass is 156 g/mol. The highest BCUT2D eigenvalue weighted by atomic mass is 16.3. The Kier molecular flexibility index (Phi) is 2.26. The molecule has 1 rings (SSSR count). The minimum absolute atomic E-state index is 0.00292. The number of hydrogen-bond donors (Lipinski definition) is 1. The quantitative estimate of drug-likeness (QED) is 0.561. The van der Waals surface area contributed by atoms with E-state index in [0.717, 1.165) is 25.9 Å². The fourth-order valence-electron chi connectivity index (χ4n) is 1.51. The molecule has 0 bridgehead atoms. The van der Waals surface area contributed by atoms with Gasteiger partial charge in [-0.3, -0.25) is 0 Å². The molecule has 1 heterocycles. The third-order valence-electron chi connectivity index (χ3n) is 2.76. The maximum atomic E-state index is 10.1. The van der Waals surface area contributed by atoms with Crippen LogP contribution >= 0.6 is 0 Å². The van der Waals surface area contributed by atoms with E-state index >= 15 is 0 Å². The second kappa shape index (κ2) is 2.76. The molecule has 0 spiro atoms. The maximum absolute atomic E-state index is 10.1. The lowest BCUT2D eigenvalue weighted by Crippen LogP contribution is -2.48. The first kappa shape index (κ1) is 9.01. The van der Waals surface area contributed by atoms with Crippen molar-refractivity contribution in [1.82, 2.24) is 5.32 Å². The van der Waals surface area contributed by atoms with E-state index in [9.17, 15) is 5.11 Å². The van der Waals surface area contributed by atoms with Crippen LogP contribution in [0.5, 0.6) is 0 Å². The second-order valence-corrected chi connectivity index (χ2v) is 4.45. The van der Waals surface area contributed by atoms with Crippen LogP contribution in [0.25, 0.3) is 0 Å². The van der Waals surface area contributed by atoms with E-state index in [2.05, 4.69) is 26.1 Å². The molecule has 2 heteroatoms. The molecule has 1 saturated heterocycles. The molecule has 11 heavy (non-hydrogen) atoms. The first-order valence-electron chi connectivity index (χ1n) is 4.31. The highest BCUT2D eigenvalue weighted by molar-refractivity contribution is 4.93. The maximum Gasteiger partial charge on any atom is 0.0721 e. The summed E-state index contributed by atoms with van der Waals surface area (Å²) in [6.45, 7) is 7.94. The zero-order chi connectivity index (χ0) is 8.54. The standard InChI is InChI=1S/C9H18NO/c1-8(2,3)9(11)4-6-10-7-5-9/h11H,4-7H2,1-3H3. The van der Waals surface area contributed by atoms with Crippen molar-refractivity contribution >= 4 is 0 Å². The lowest BCUT2D eigenvalue weighted by molar-refractivity contribution is -0.0799. The summed E-state index contributed by atoms with van der Waals surface area (Å²) in [7, 11) is 0. The largest absolute Gasteiger partial charge is 0.389 e. The van der Waals surface area contributed by atoms with Crippen LogP contribution in [0.1, 0.15) is 33.6 Å². The third-order valence-corrected chi connectivity index (χ3v) is 2.76. The van der Waals surface area contributed by atoms with E-state index in [1.807, 2.05) is 0 Å². The van der Waals surface area contributed by atoms with E-state index in [0.29, 0.717) is 0 Å². The van der Waals surface area contributed by atoms with Crippen LogP contribution in [0, 0.1) is 5.41 Å². The molecule has 1 radical (unpaired) electrons. The van der Waals surface area contributed by atoms with Crippen LogP contribution in [0.3, 0.4) is 0 Å². The normalized spacial score (nSPS) is 25.1. The Morgan fingerprint density at radius 3 is 1.91 bits per heavy atom. The van der Waals surface area contributed by atoms with Gasteiger partial charge in [0, 0.05) is 13.1 Å². The number of aliphatic hydroxyl groups is 1. The molecule has 2 nitrogen and oxygen atoms in total. The van der Waals surface area contributed by atoms with Gasteiger partial charge >= 0.3 is 0 Å². The summed E-state index contributed by atoms with van der Waals surface area (Å²) in [4.78, 5) is 0. The Hall–Kier alpha value is -0.0800. The van der Waals surface area contributed by atoms with Gasteiger partial charge in [0.15, 0.2) is 0 Å². The summed E-state index contributed by atoms with van der Waals surface area (Å²) in [5.74, 6) is 0. The first-order valence-corrected chi connectivity index (χ1v) is 4.31. The molecule has 1 fully saturated rings. The summed E-state index contributed by atoms with van der Waals surface area (Å²) < 4.78 is 0. The summed E-state index contributed by atoms with van der Waals surface area (Å²) >= 11 is 0. The van der Waals surface area contributed by atoms with Gasteiger partial charge in [-0.1, -0.05) is 20.8 Å². The second-order valence-electron chi connectivity index (χ2n) is 4.45. The molecule has 0 amide bonds. The first-order chi connectivity index (χ1) is 4.96. The van der Waals surface area contributed by atoms with E-state index in [1.54, 1.807) is 0 Å². The molecule has 0 atom stereocenters. The van der Waals surface area contributed by atoms with Crippen LogP contribution in [0.2, 0.25) is 0 Å². The van der Waals surface area contributed by atoms with Crippen molar-refractivity contribution in [3.8, 4) is 0 Å². The van der Waals surface area contributed by atoms with E-state index < -0.39 is 5.60 Å². The van der Waals surface area contributed by atoms with Crippen molar-refractivity contribution in [3.05, 3.63) is 0 Å².